The molecular formula is C15H20N2. The normalized spacial score (nSPS) is 15.2. The Bertz CT molecular complexity index is 469. The molecule has 0 saturated heterocycles. The van der Waals surface area contributed by atoms with E-state index in [1.807, 2.05) is 0 Å². The van der Waals surface area contributed by atoms with Crippen LogP contribution in [0.15, 0.2) is 35.9 Å². The van der Waals surface area contributed by atoms with E-state index in [1.165, 1.54) is 33.8 Å². The fourth-order valence-electron chi connectivity index (χ4n) is 2.14. The number of rotatable bonds is 1. The van der Waals surface area contributed by atoms with Gasteiger partial charge < -0.3 is 10.2 Å². The van der Waals surface area contributed by atoms with Crippen molar-refractivity contribution >= 4 is 5.69 Å². The van der Waals surface area contributed by atoms with Crippen LogP contribution >= 0.6 is 0 Å². The highest BCUT2D eigenvalue weighted by Crippen LogP contribution is 2.25. The lowest BCUT2D eigenvalue weighted by Gasteiger charge is -2.25. The van der Waals surface area contributed by atoms with Crippen molar-refractivity contribution in [2.75, 3.05) is 4.90 Å². The number of nitrogens with one attached hydrogen (secondary N) is 1. The summed E-state index contributed by atoms with van der Waals surface area (Å²) < 4.78 is 0. The molecule has 1 aromatic rings. The fourth-order valence-corrected chi connectivity index (χ4v) is 2.14. The summed E-state index contributed by atoms with van der Waals surface area (Å²) >= 11 is 0. The number of hydrogen-bond donors (Lipinski definition) is 1. The van der Waals surface area contributed by atoms with Gasteiger partial charge in [0.1, 0.15) is 0 Å². The molecule has 0 bridgehead atoms. The SMILES string of the molecule is CC1=CN(c2cc(C)c(C)c(C)c2)C=C(C)N1. The highest BCUT2D eigenvalue weighted by atomic mass is 15.1. The number of benzene rings is 1. The van der Waals surface area contributed by atoms with Crippen LogP contribution in [0, 0.1) is 20.8 Å². The molecule has 0 fully saturated rings. The van der Waals surface area contributed by atoms with Gasteiger partial charge in [-0.1, -0.05) is 0 Å². The van der Waals surface area contributed by atoms with Gasteiger partial charge in [-0.15, -0.1) is 0 Å². The lowest BCUT2D eigenvalue weighted by Crippen LogP contribution is -2.22. The van der Waals surface area contributed by atoms with Gasteiger partial charge in [-0.25, -0.2) is 0 Å². The van der Waals surface area contributed by atoms with Crippen LogP contribution < -0.4 is 10.2 Å². The van der Waals surface area contributed by atoms with Crippen LogP contribution in [-0.4, -0.2) is 0 Å². The van der Waals surface area contributed by atoms with E-state index in [-0.39, 0.29) is 0 Å². The summed E-state index contributed by atoms with van der Waals surface area (Å²) in [7, 11) is 0. The second-order valence-electron chi connectivity index (χ2n) is 4.86. The molecule has 1 N–H and O–H groups in total. The van der Waals surface area contributed by atoms with E-state index in [9.17, 15) is 0 Å². The van der Waals surface area contributed by atoms with E-state index >= 15 is 0 Å². The molecule has 1 aliphatic heterocycles. The van der Waals surface area contributed by atoms with Gasteiger partial charge in [0.05, 0.1) is 0 Å². The van der Waals surface area contributed by atoms with Crippen molar-refractivity contribution in [2.45, 2.75) is 34.6 Å². The zero-order chi connectivity index (χ0) is 12.6. The van der Waals surface area contributed by atoms with Crippen LogP contribution in [0.4, 0.5) is 5.69 Å². The molecule has 0 amide bonds. The van der Waals surface area contributed by atoms with Gasteiger partial charge in [0, 0.05) is 29.5 Å². The van der Waals surface area contributed by atoms with Crippen LogP contribution in [0.2, 0.25) is 0 Å². The van der Waals surface area contributed by atoms with E-state index in [0.29, 0.717) is 0 Å². The van der Waals surface area contributed by atoms with Crippen molar-refractivity contribution in [2.24, 2.45) is 0 Å². The number of allylic oxidation sites excluding steroid dienone is 2. The standard InChI is InChI=1S/C15H20N2/c1-10-6-15(7-11(2)14(10)5)17-8-12(3)16-13(4)9-17/h6-9,16H,1-5H3. The Kier molecular flexibility index (Phi) is 2.97. The Hall–Kier alpha value is -1.70. The molecule has 1 aliphatic rings. The molecule has 17 heavy (non-hydrogen) atoms. The average molecular weight is 228 g/mol. The van der Waals surface area contributed by atoms with Gasteiger partial charge in [-0.05, 0) is 63.4 Å². The molecule has 90 valence electrons. The molecule has 0 radical (unpaired) electrons. The van der Waals surface area contributed by atoms with Crippen LogP contribution in [-0.2, 0) is 0 Å². The Morgan fingerprint density at radius 2 is 1.29 bits per heavy atom. The van der Waals surface area contributed by atoms with Gasteiger partial charge in [-0.2, -0.15) is 0 Å². The molecule has 0 spiro atoms. The van der Waals surface area contributed by atoms with Crippen LogP contribution in [0.3, 0.4) is 0 Å². The van der Waals surface area contributed by atoms with Crippen LogP contribution in [0.25, 0.3) is 0 Å². The molecule has 0 unspecified atom stereocenters. The summed E-state index contributed by atoms with van der Waals surface area (Å²) in [5.41, 5.74) is 7.63. The lowest BCUT2D eigenvalue weighted by atomic mass is 10.0. The lowest BCUT2D eigenvalue weighted by molar-refractivity contribution is 0.911. The minimum absolute atomic E-state index is 1.17. The predicted octanol–water partition coefficient (Wildman–Crippen LogP) is 3.74. The van der Waals surface area contributed by atoms with Gasteiger partial charge in [-0.3, -0.25) is 0 Å². The molecular weight excluding hydrogens is 208 g/mol. The van der Waals surface area contributed by atoms with Crippen molar-refractivity contribution in [3.63, 3.8) is 0 Å². The van der Waals surface area contributed by atoms with Gasteiger partial charge in [0.25, 0.3) is 0 Å². The van der Waals surface area contributed by atoms with E-state index in [0.717, 1.165) is 0 Å². The molecule has 2 nitrogen and oxygen atoms in total. The topological polar surface area (TPSA) is 15.3 Å². The molecule has 1 heterocycles. The van der Waals surface area contributed by atoms with Gasteiger partial charge >= 0.3 is 0 Å². The van der Waals surface area contributed by atoms with Crippen LogP contribution in [0.5, 0.6) is 0 Å². The molecule has 2 rings (SSSR count). The van der Waals surface area contributed by atoms with Crippen molar-refractivity contribution in [3.05, 3.63) is 52.6 Å². The minimum Gasteiger partial charge on any atom is -0.360 e. The van der Waals surface area contributed by atoms with E-state index in [4.69, 9.17) is 0 Å². The summed E-state index contributed by atoms with van der Waals surface area (Å²) in [6.45, 7) is 10.7. The molecule has 1 aromatic carbocycles. The molecule has 0 aromatic heterocycles. The van der Waals surface area contributed by atoms with Crippen molar-refractivity contribution in [1.82, 2.24) is 5.32 Å². The van der Waals surface area contributed by atoms with E-state index in [1.54, 1.807) is 0 Å². The summed E-state index contributed by atoms with van der Waals surface area (Å²) in [5.74, 6) is 0. The third-order valence-corrected chi connectivity index (χ3v) is 3.27. The summed E-state index contributed by atoms with van der Waals surface area (Å²) in [6, 6.07) is 4.47. The third-order valence-electron chi connectivity index (χ3n) is 3.27. The third kappa shape index (κ3) is 2.36. The maximum atomic E-state index is 3.30. The fraction of sp³-hybridized carbons (Fsp3) is 0.333. The smallest absolute Gasteiger partial charge is 0.0456 e. The first-order valence-corrected chi connectivity index (χ1v) is 5.97. The highest BCUT2D eigenvalue weighted by molar-refractivity contribution is 5.59. The minimum atomic E-state index is 1.17. The van der Waals surface area contributed by atoms with Gasteiger partial charge in [0.15, 0.2) is 0 Å². The number of anilines is 1. The maximum Gasteiger partial charge on any atom is 0.0456 e. The Balaban J connectivity index is 2.44. The first kappa shape index (κ1) is 11.8. The molecule has 2 heteroatoms. The van der Waals surface area contributed by atoms with Crippen LogP contribution in [0.1, 0.15) is 30.5 Å². The molecule has 0 atom stereocenters. The van der Waals surface area contributed by atoms with E-state index < -0.39 is 0 Å². The summed E-state index contributed by atoms with van der Waals surface area (Å²) in [5, 5.41) is 3.30. The second kappa shape index (κ2) is 4.28. The summed E-state index contributed by atoms with van der Waals surface area (Å²) in [4.78, 5) is 2.18. The highest BCUT2D eigenvalue weighted by Gasteiger charge is 2.09. The first-order chi connectivity index (χ1) is 7.97. The Labute approximate surface area is 104 Å². The zero-order valence-electron chi connectivity index (χ0n) is 11.3. The average Bonchev–Trinajstić information content (AvgIpc) is 2.23. The summed E-state index contributed by atoms with van der Waals surface area (Å²) in [6.07, 6.45) is 4.24. The van der Waals surface area contributed by atoms with Crippen molar-refractivity contribution in [3.8, 4) is 0 Å². The van der Waals surface area contributed by atoms with E-state index in [2.05, 4.69) is 69.4 Å². The predicted molar refractivity (Wildman–Crippen MR) is 73.8 cm³/mol. The van der Waals surface area contributed by atoms with Crippen molar-refractivity contribution < 1.29 is 0 Å². The zero-order valence-corrected chi connectivity index (χ0v) is 11.3. The van der Waals surface area contributed by atoms with Crippen molar-refractivity contribution in [1.29, 1.82) is 0 Å². The second-order valence-corrected chi connectivity index (χ2v) is 4.86. The number of hydrogen-bond acceptors (Lipinski definition) is 2. The monoisotopic (exact) mass is 228 g/mol. The van der Waals surface area contributed by atoms with Gasteiger partial charge in [0.2, 0.25) is 0 Å². The largest absolute Gasteiger partial charge is 0.360 e. The first-order valence-electron chi connectivity index (χ1n) is 5.97. The number of aryl methyl sites for hydroxylation is 2. The quantitative estimate of drug-likeness (QED) is 0.787. The maximum absolute atomic E-state index is 3.30. The Morgan fingerprint density at radius 3 is 1.76 bits per heavy atom. The number of nitrogens with zero attached hydrogens (tertiary/aromatic N) is 1. The Morgan fingerprint density at radius 1 is 0.824 bits per heavy atom. The molecule has 0 aliphatic carbocycles. The molecule has 0 saturated carbocycles.